The molecule has 6 nitrogen and oxygen atoms in total. The van der Waals surface area contributed by atoms with Crippen molar-refractivity contribution >= 4 is 20.0 Å². The Morgan fingerprint density at radius 2 is 1.73 bits per heavy atom. The van der Waals surface area contributed by atoms with E-state index >= 15 is 0 Å². The first-order chi connectivity index (χ1) is 4.71. The number of sulfone groups is 1. The van der Waals surface area contributed by atoms with E-state index in [2.05, 4.69) is 5.14 Å². The Hall–Kier alpha value is -0.180. The second-order valence-corrected chi connectivity index (χ2v) is 5.71. The van der Waals surface area contributed by atoms with Crippen molar-refractivity contribution in [2.75, 3.05) is 18.6 Å². The molecule has 0 atom stereocenters. The van der Waals surface area contributed by atoms with Crippen LogP contribution < -0.4 is 9.86 Å². The maximum absolute atomic E-state index is 10.4. The summed E-state index contributed by atoms with van der Waals surface area (Å²) in [6.07, 6.45) is 1.01. The molecule has 0 rings (SSSR count). The molecule has 0 amide bonds. The van der Waals surface area contributed by atoms with Crippen molar-refractivity contribution in [3.05, 3.63) is 0 Å². The van der Waals surface area contributed by atoms with Gasteiger partial charge < -0.3 is 0 Å². The first-order valence-electron chi connectivity index (χ1n) is 2.66. The van der Waals surface area contributed by atoms with Gasteiger partial charge in [0.2, 0.25) is 0 Å². The molecule has 0 aromatic heterocycles. The Bertz CT molecular complexity index is 270. The monoisotopic (exact) mass is 202 g/mol. The van der Waals surface area contributed by atoms with E-state index in [0.717, 1.165) is 6.26 Å². The minimum absolute atomic E-state index is 0.183. The molecule has 0 heterocycles. The van der Waals surface area contributed by atoms with Crippen molar-refractivity contribution in [1.82, 2.24) is 4.72 Å². The summed E-state index contributed by atoms with van der Waals surface area (Å²) < 4.78 is 43.1. The van der Waals surface area contributed by atoms with Gasteiger partial charge in [-0.3, -0.25) is 0 Å². The summed E-state index contributed by atoms with van der Waals surface area (Å²) in [5.41, 5.74) is 0. The second kappa shape index (κ2) is 3.48. The van der Waals surface area contributed by atoms with Gasteiger partial charge in [0.1, 0.15) is 9.84 Å². The van der Waals surface area contributed by atoms with Gasteiger partial charge >= 0.3 is 0 Å². The molecule has 0 radical (unpaired) electrons. The molecule has 0 spiro atoms. The van der Waals surface area contributed by atoms with Gasteiger partial charge in [0, 0.05) is 12.8 Å². The molecule has 0 aromatic rings. The first kappa shape index (κ1) is 10.8. The van der Waals surface area contributed by atoms with Crippen LogP contribution in [-0.4, -0.2) is 35.4 Å². The summed E-state index contributed by atoms with van der Waals surface area (Å²) >= 11 is 0. The molecule has 68 valence electrons. The van der Waals surface area contributed by atoms with Gasteiger partial charge in [0.05, 0.1) is 5.75 Å². The summed E-state index contributed by atoms with van der Waals surface area (Å²) in [5.74, 6) is -0.247. The zero-order chi connectivity index (χ0) is 9.12. The van der Waals surface area contributed by atoms with Crippen LogP contribution in [0.2, 0.25) is 0 Å². The van der Waals surface area contributed by atoms with E-state index in [1.807, 2.05) is 4.72 Å². The lowest BCUT2D eigenvalue weighted by atomic mass is 10.8. The third-order valence-electron chi connectivity index (χ3n) is 0.776. The van der Waals surface area contributed by atoms with Gasteiger partial charge in [-0.2, -0.15) is 8.42 Å². The summed E-state index contributed by atoms with van der Waals surface area (Å²) in [7, 11) is -6.89. The zero-order valence-corrected chi connectivity index (χ0v) is 7.57. The summed E-state index contributed by atoms with van der Waals surface area (Å²) in [5, 5.41) is 4.53. The highest BCUT2D eigenvalue weighted by Crippen LogP contribution is 1.79. The van der Waals surface area contributed by atoms with Gasteiger partial charge in [0.15, 0.2) is 0 Å². The van der Waals surface area contributed by atoms with Crippen molar-refractivity contribution in [2.24, 2.45) is 5.14 Å². The molecule has 8 heteroatoms. The van der Waals surface area contributed by atoms with E-state index in [0.29, 0.717) is 0 Å². The molecule has 3 N–H and O–H groups in total. The molecular weight excluding hydrogens is 192 g/mol. The number of nitrogens with two attached hydrogens (primary N) is 1. The van der Waals surface area contributed by atoms with Crippen molar-refractivity contribution < 1.29 is 16.8 Å². The molecule has 11 heavy (non-hydrogen) atoms. The first-order valence-corrected chi connectivity index (χ1v) is 6.26. The van der Waals surface area contributed by atoms with Crippen molar-refractivity contribution in [3.63, 3.8) is 0 Å². The van der Waals surface area contributed by atoms with E-state index < -0.39 is 20.0 Å². The van der Waals surface area contributed by atoms with Crippen LogP contribution in [0.15, 0.2) is 0 Å². The Morgan fingerprint density at radius 1 is 1.27 bits per heavy atom. The highest BCUT2D eigenvalue weighted by molar-refractivity contribution is 7.90. The van der Waals surface area contributed by atoms with E-state index in [1.165, 1.54) is 0 Å². The van der Waals surface area contributed by atoms with E-state index in [-0.39, 0.29) is 12.3 Å². The van der Waals surface area contributed by atoms with Crippen LogP contribution >= 0.6 is 0 Å². The van der Waals surface area contributed by atoms with Crippen LogP contribution in [0.5, 0.6) is 0 Å². The lowest BCUT2D eigenvalue weighted by Crippen LogP contribution is -2.34. The van der Waals surface area contributed by atoms with Crippen LogP contribution in [0.3, 0.4) is 0 Å². The summed E-state index contributed by atoms with van der Waals surface area (Å²) in [6, 6.07) is 0. The fourth-order valence-corrected chi connectivity index (χ4v) is 1.36. The molecule has 0 aromatic carbocycles. The SMILES string of the molecule is CS(=O)(=O)CCNS(N)(=O)=O. The highest BCUT2D eigenvalue weighted by atomic mass is 32.2. The number of rotatable bonds is 4. The van der Waals surface area contributed by atoms with Crippen LogP contribution in [0.4, 0.5) is 0 Å². The molecule has 0 fully saturated rings. The van der Waals surface area contributed by atoms with Gasteiger partial charge in [-0.05, 0) is 0 Å². The fourth-order valence-electron chi connectivity index (χ4n) is 0.369. The third kappa shape index (κ3) is 9.82. The Labute approximate surface area is 65.9 Å². The number of hydrogen-bond donors (Lipinski definition) is 2. The van der Waals surface area contributed by atoms with Gasteiger partial charge in [-0.1, -0.05) is 0 Å². The van der Waals surface area contributed by atoms with Crippen LogP contribution in [0, 0.1) is 0 Å². The maximum atomic E-state index is 10.4. The molecule has 0 bridgehead atoms. The maximum Gasteiger partial charge on any atom is 0.274 e. The molecule has 0 saturated heterocycles. The van der Waals surface area contributed by atoms with Gasteiger partial charge in [0.25, 0.3) is 10.2 Å². The standard InChI is InChI=1S/C3H10N2O4S2/c1-10(6,7)3-2-5-11(4,8)9/h5H,2-3H2,1H3,(H2,4,8,9). The Kier molecular flexibility index (Phi) is 3.42. The minimum atomic E-state index is -3.76. The predicted molar refractivity (Wildman–Crippen MR) is 40.8 cm³/mol. The number of hydrogen-bond acceptors (Lipinski definition) is 4. The Balaban J connectivity index is 3.79. The highest BCUT2D eigenvalue weighted by Gasteiger charge is 2.04. The quantitative estimate of drug-likeness (QED) is 0.540. The molecule has 0 aliphatic rings. The molecule has 0 saturated carbocycles. The molecular formula is C3H10N2O4S2. The minimum Gasteiger partial charge on any atom is -0.229 e. The zero-order valence-electron chi connectivity index (χ0n) is 5.94. The van der Waals surface area contributed by atoms with Crippen molar-refractivity contribution in [1.29, 1.82) is 0 Å². The van der Waals surface area contributed by atoms with Crippen LogP contribution in [0.25, 0.3) is 0 Å². The lowest BCUT2D eigenvalue weighted by Gasteiger charge is -1.98. The van der Waals surface area contributed by atoms with Gasteiger partial charge in [-0.15, -0.1) is 0 Å². The average Bonchev–Trinajstić information content (AvgIpc) is 1.55. The Morgan fingerprint density at radius 3 is 2.00 bits per heavy atom. The topological polar surface area (TPSA) is 106 Å². The van der Waals surface area contributed by atoms with Crippen LogP contribution in [-0.2, 0) is 20.0 Å². The molecule has 0 aliphatic carbocycles. The predicted octanol–water partition coefficient (Wildman–Crippen LogP) is -2.18. The smallest absolute Gasteiger partial charge is 0.229 e. The molecule has 0 unspecified atom stereocenters. The van der Waals surface area contributed by atoms with E-state index in [1.54, 1.807) is 0 Å². The van der Waals surface area contributed by atoms with E-state index in [4.69, 9.17) is 0 Å². The lowest BCUT2D eigenvalue weighted by molar-refractivity contribution is 0.583. The summed E-state index contributed by atoms with van der Waals surface area (Å²) in [6.45, 7) is -0.183. The second-order valence-electron chi connectivity index (χ2n) is 2.07. The normalized spacial score (nSPS) is 13.3. The van der Waals surface area contributed by atoms with Crippen molar-refractivity contribution in [3.8, 4) is 0 Å². The fraction of sp³-hybridized carbons (Fsp3) is 1.00. The molecule has 0 aliphatic heterocycles. The third-order valence-corrected chi connectivity index (χ3v) is 2.33. The van der Waals surface area contributed by atoms with Crippen LogP contribution in [0.1, 0.15) is 0 Å². The van der Waals surface area contributed by atoms with Gasteiger partial charge in [-0.25, -0.2) is 18.3 Å². The average molecular weight is 202 g/mol. The number of nitrogens with one attached hydrogen (secondary N) is 1. The largest absolute Gasteiger partial charge is 0.274 e. The summed E-state index contributed by atoms with van der Waals surface area (Å²) in [4.78, 5) is 0. The van der Waals surface area contributed by atoms with E-state index in [9.17, 15) is 16.8 Å². The van der Waals surface area contributed by atoms with Crippen molar-refractivity contribution in [2.45, 2.75) is 0 Å².